The first-order chi connectivity index (χ1) is 5.70. The normalized spacial score (nSPS) is 9.00. The van der Waals surface area contributed by atoms with Gasteiger partial charge in [0.1, 0.15) is 0 Å². The molecule has 0 atom stereocenters. The second-order valence-electron chi connectivity index (χ2n) is 1.93. The van der Waals surface area contributed by atoms with Gasteiger partial charge in [-0.05, 0) is 12.2 Å². The van der Waals surface area contributed by atoms with Crippen LogP contribution in [0.1, 0.15) is 10.4 Å². The average molecular weight is 185 g/mol. The maximum Gasteiger partial charge on any atom is 0.272 e. The fraction of sp³-hybridized carbons (Fsp3) is 0. The highest BCUT2D eigenvalue weighted by molar-refractivity contribution is 7.80. The van der Waals surface area contributed by atoms with Gasteiger partial charge in [-0.15, -0.1) is 0 Å². The summed E-state index contributed by atoms with van der Waals surface area (Å²) in [4.78, 5) is 11.1. The number of hydrogen-bond acceptors (Lipinski definition) is 3. The average Bonchev–Trinajstić information content (AvgIpc) is 2.51. The zero-order valence-electron chi connectivity index (χ0n) is 6.00. The summed E-state index contributed by atoms with van der Waals surface area (Å²) in [5.41, 5.74) is 10.0. The number of thiocarbonyl (C=S) groups is 1. The molecule has 0 aliphatic heterocycles. The number of nitrogens with one attached hydrogen (secondary N) is 3. The summed E-state index contributed by atoms with van der Waals surface area (Å²) in [6, 6.07) is 0. The van der Waals surface area contributed by atoms with Crippen molar-refractivity contribution in [1.82, 2.24) is 21.0 Å². The van der Waals surface area contributed by atoms with Crippen molar-refractivity contribution in [2.45, 2.75) is 0 Å². The van der Waals surface area contributed by atoms with Crippen molar-refractivity contribution in [2.24, 2.45) is 5.73 Å². The number of hydrogen-bond donors (Lipinski definition) is 4. The zero-order valence-corrected chi connectivity index (χ0v) is 6.81. The molecule has 12 heavy (non-hydrogen) atoms. The molecule has 0 bridgehead atoms. The summed E-state index contributed by atoms with van der Waals surface area (Å²) in [6.45, 7) is 0. The van der Waals surface area contributed by atoms with Gasteiger partial charge in [0.05, 0.1) is 11.8 Å². The number of rotatable bonds is 1. The van der Waals surface area contributed by atoms with Crippen molar-refractivity contribution < 1.29 is 4.79 Å². The molecule has 1 aromatic rings. The van der Waals surface area contributed by atoms with Crippen molar-refractivity contribution in [3.63, 3.8) is 0 Å². The molecule has 1 amide bonds. The minimum atomic E-state index is -0.350. The van der Waals surface area contributed by atoms with Gasteiger partial charge >= 0.3 is 0 Å². The maximum atomic E-state index is 11.1. The van der Waals surface area contributed by atoms with Crippen LogP contribution in [-0.2, 0) is 0 Å². The predicted molar refractivity (Wildman–Crippen MR) is 46.0 cm³/mol. The van der Waals surface area contributed by atoms with Crippen molar-refractivity contribution in [3.05, 3.63) is 18.0 Å². The highest BCUT2D eigenvalue weighted by Crippen LogP contribution is 1.90. The Morgan fingerprint density at radius 2 is 2.42 bits per heavy atom. The van der Waals surface area contributed by atoms with Gasteiger partial charge in [-0.1, -0.05) is 0 Å². The van der Waals surface area contributed by atoms with Crippen LogP contribution in [0.15, 0.2) is 12.4 Å². The Balaban J connectivity index is 2.45. The molecule has 0 radical (unpaired) electrons. The van der Waals surface area contributed by atoms with Crippen molar-refractivity contribution in [2.75, 3.05) is 0 Å². The van der Waals surface area contributed by atoms with E-state index in [1.165, 1.54) is 12.4 Å². The van der Waals surface area contributed by atoms with Crippen LogP contribution in [0.25, 0.3) is 0 Å². The molecule has 0 aromatic carbocycles. The molecule has 0 saturated carbocycles. The second-order valence-corrected chi connectivity index (χ2v) is 2.37. The standard InChI is InChI=1S/C5H7N5OS/c6-5(12)10-9-4(11)3-1-7-8-2-3/h1-2H,(H,7,8)(H,9,11)(H3,6,10,12). The number of H-pyrrole nitrogens is 1. The molecule has 7 heteroatoms. The molecule has 0 spiro atoms. The molecule has 0 aliphatic rings. The number of aromatic nitrogens is 2. The molecule has 1 heterocycles. The molecular weight excluding hydrogens is 178 g/mol. The molecule has 5 N–H and O–H groups in total. The first-order valence-corrected chi connectivity index (χ1v) is 3.45. The fourth-order valence-electron chi connectivity index (χ4n) is 0.566. The van der Waals surface area contributed by atoms with E-state index in [2.05, 4.69) is 33.3 Å². The van der Waals surface area contributed by atoms with Crippen molar-refractivity contribution in [3.8, 4) is 0 Å². The molecule has 0 unspecified atom stereocenters. The third-order valence-electron chi connectivity index (χ3n) is 1.06. The van der Waals surface area contributed by atoms with Crippen LogP contribution in [0, 0.1) is 0 Å². The Hall–Kier alpha value is -1.63. The number of hydrazine groups is 1. The molecular formula is C5H7N5OS. The maximum absolute atomic E-state index is 11.1. The van der Waals surface area contributed by atoms with Crippen LogP contribution in [0.5, 0.6) is 0 Å². The SMILES string of the molecule is NC(=S)NNC(=O)c1cn[nH]c1. The number of carbonyl (C=O) groups excluding carboxylic acids is 1. The summed E-state index contributed by atoms with van der Waals surface area (Å²) in [5, 5.41) is 6.09. The summed E-state index contributed by atoms with van der Waals surface area (Å²) < 4.78 is 0. The van der Waals surface area contributed by atoms with E-state index in [1.54, 1.807) is 0 Å². The smallest absolute Gasteiger partial charge is 0.272 e. The zero-order chi connectivity index (χ0) is 8.97. The van der Waals surface area contributed by atoms with E-state index in [1.807, 2.05) is 0 Å². The van der Waals surface area contributed by atoms with Gasteiger partial charge in [0.15, 0.2) is 5.11 Å². The van der Waals surface area contributed by atoms with E-state index in [0.717, 1.165) is 0 Å². The first-order valence-electron chi connectivity index (χ1n) is 3.04. The van der Waals surface area contributed by atoms with E-state index >= 15 is 0 Å². The van der Waals surface area contributed by atoms with Gasteiger partial charge in [0.2, 0.25) is 0 Å². The van der Waals surface area contributed by atoms with Gasteiger partial charge in [0.25, 0.3) is 5.91 Å². The van der Waals surface area contributed by atoms with E-state index in [9.17, 15) is 4.79 Å². The molecule has 64 valence electrons. The van der Waals surface area contributed by atoms with E-state index in [-0.39, 0.29) is 11.0 Å². The molecule has 0 aliphatic carbocycles. The highest BCUT2D eigenvalue weighted by atomic mass is 32.1. The lowest BCUT2D eigenvalue weighted by Gasteiger charge is -2.03. The van der Waals surface area contributed by atoms with Gasteiger partial charge < -0.3 is 5.73 Å². The third kappa shape index (κ3) is 2.20. The summed E-state index contributed by atoms with van der Waals surface area (Å²) in [5.74, 6) is -0.350. The number of nitrogens with zero attached hydrogens (tertiary/aromatic N) is 1. The Labute approximate surface area is 73.5 Å². The lowest BCUT2D eigenvalue weighted by atomic mass is 10.3. The van der Waals surface area contributed by atoms with E-state index in [0.29, 0.717) is 5.56 Å². The number of carbonyl (C=O) groups is 1. The molecule has 6 nitrogen and oxygen atoms in total. The molecule has 1 aromatic heterocycles. The number of amides is 1. The van der Waals surface area contributed by atoms with Crippen LogP contribution in [0.4, 0.5) is 0 Å². The number of nitrogens with two attached hydrogens (primary N) is 1. The van der Waals surface area contributed by atoms with E-state index in [4.69, 9.17) is 5.73 Å². The van der Waals surface area contributed by atoms with Crippen LogP contribution < -0.4 is 16.6 Å². The van der Waals surface area contributed by atoms with Gasteiger partial charge in [0, 0.05) is 6.20 Å². The first kappa shape index (κ1) is 8.47. The van der Waals surface area contributed by atoms with Crippen LogP contribution >= 0.6 is 12.2 Å². The molecule has 0 fully saturated rings. The van der Waals surface area contributed by atoms with E-state index < -0.39 is 0 Å². The molecule has 0 saturated heterocycles. The summed E-state index contributed by atoms with van der Waals surface area (Å²) in [6.07, 6.45) is 2.84. The fourth-order valence-corrected chi connectivity index (χ4v) is 0.617. The van der Waals surface area contributed by atoms with Gasteiger partial charge in [-0.3, -0.25) is 20.7 Å². The predicted octanol–water partition coefficient (Wildman–Crippen LogP) is -1.11. The minimum absolute atomic E-state index is 0.00634. The quantitative estimate of drug-likeness (QED) is 0.328. The minimum Gasteiger partial charge on any atom is -0.375 e. The Bertz CT molecular complexity index is 282. The Kier molecular flexibility index (Phi) is 2.59. The van der Waals surface area contributed by atoms with Gasteiger partial charge in [-0.2, -0.15) is 5.10 Å². The number of aromatic amines is 1. The largest absolute Gasteiger partial charge is 0.375 e. The van der Waals surface area contributed by atoms with Crippen molar-refractivity contribution in [1.29, 1.82) is 0 Å². The summed E-state index contributed by atoms with van der Waals surface area (Å²) >= 11 is 4.47. The Morgan fingerprint density at radius 1 is 1.67 bits per heavy atom. The second kappa shape index (κ2) is 3.67. The monoisotopic (exact) mass is 185 g/mol. The molecule has 1 rings (SSSR count). The lowest BCUT2D eigenvalue weighted by molar-refractivity contribution is 0.0944. The summed E-state index contributed by atoms with van der Waals surface area (Å²) in [7, 11) is 0. The van der Waals surface area contributed by atoms with Crippen LogP contribution in [0.2, 0.25) is 0 Å². The van der Waals surface area contributed by atoms with Gasteiger partial charge in [-0.25, -0.2) is 0 Å². The lowest BCUT2D eigenvalue weighted by Crippen LogP contribution is -2.44. The Morgan fingerprint density at radius 3 is 2.92 bits per heavy atom. The third-order valence-corrected chi connectivity index (χ3v) is 1.16. The topological polar surface area (TPSA) is 95.8 Å². The van der Waals surface area contributed by atoms with Crippen molar-refractivity contribution >= 4 is 23.2 Å². The van der Waals surface area contributed by atoms with Crippen LogP contribution in [0.3, 0.4) is 0 Å². The highest BCUT2D eigenvalue weighted by Gasteiger charge is 2.04. The van der Waals surface area contributed by atoms with Crippen LogP contribution in [-0.4, -0.2) is 21.2 Å².